The van der Waals surface area contributed by atoms with Crippen molar-refractivity contribution in [1.29, 1.82) is 0 Å². The largest absolute Gasteiger partial charge is 0.469 e. The van der Waals surface area contributed by atoms with Gasteiger partial charge >= 0.3 is 0 Å². The number of aromatic nitrogens is 2. The first-order valence-corrected chi connectivity index (χ1v) is 6.61. The van der Waals surface area contributed by atoms with Crippen LogP contribution in [0.25, 0.3) is 0 Å². The third kappa shape index (κ3) is 2.27. The van der Waals surface area contributed by atoms with Crippen LogP contribution >= 0.6 is 15.9 Å². The molecule has 5 heteroatoms. The fourth-order valence-corrected chi connectivity index (χ4v) is 2.46. The molecule has 0 aromatic carbocycles. The minimum absolute atomic E-state index is 0.0595. The van der Waals surface area contributed by atoms with E-state index in [0.29, 0.717) is 12.0 Å². The Morgan fingerprint density at radius 1 is 1.56 bits per heavy atom. The number of hydrogen-bond acceptors (Lipinski definition) is 3. The van der Waals surface area contributed by atoms with Gasteiger partial charge in [-0.2, -0.15) is 5.10 Å². The van der Waals surface area contributed by atoms with Crippen molar-refractivity contribution in [3.05, 3.63) is 39.5 Å². The van der Waals surface area contributed by atoms with Crippen molar-refractivity contribution in [2.45, 2.75) is 26.7 Å². The summed E-state index contributed by atoms with van der Waals surface area (Å²) in [5, 5.41) is 4.28. The summed E-state index contributed by atoms with van der Waals surface area (Å²) in [7, 11) is 1.84. The number of Topliss-reactive ketones (excluding diaryl/α,β-unsaturated/α-hetero) is 1. The zero-order valence-corrected chi connectivity index (χ0v) is 12.2. The molecule has 0 aliphatic heterocycles. The number of rotatable bonds is 4. The van der Waals surface area contributed by atoms with Crippen molar-refractivity contribution in [2.24, 2.45) is 7.05 Å². The van der Waals surface area contributed by atoms with Crippen molar-refractivity contribution in [2.75, 3.05) is 0 Å². The average molecular weight is 311 g/mol. The van der Waals surface area contributed by atoms with Gasteiger partial charge in [0, 0.05) is 13.5 Å². The van der Waals surface area contributed by atoms with E-state index < -0.39 is 0 Å². The highest BCUT2D eigenvalue weighted by Gasteiger charge is 2.18. The normalized spacial score (nSPS) is 10.9. The predicted molar refractivity (Wildman–Crippen MR) is 71.8 cm³/mol. The predicted octanol–water partition coefficient (Wildman–Crippen LogP) is 3.07. The first kappa shape index (κ1) is 13.1. The van der Waals surface area contributed by atoms with E-state index in [-0.39, 0.29) is 5.78 Å². The van der Waals surface area contributed by atoms with Crippen LogP contribution in [0, 0.1) is 6.92 Å². The lowest BCUT2D eigenvalue weighted by Gasteiger charge is -2.02. The maximum absolute atomic E-state index is 12.2. The third-order valence-corrected chi connectivity index (χ3v) is 3.99. The molecular formula is C13H15BrN2O2. The monoisotopic (exact) mass is 310 g/mol. The molecule has 0 N–H and O–H groups in total. The molecular weight excluding hydrogens is 296 g/mol. The number of furan rings is 1. The summed E-state index contributed by atoms with van der Waals surface area (Å²) in [6.45, 7) is 3.88. The van der Waals surface area contributed by atoms with Gasteiger partial charge in [0.25, 0.3) is 0 Å². The van der Waals surface area contributed by atoms with E-state index >= 15 is 0 Å². The van der Waals surface area contributed by atoms with Gasteiger partial charge in [-0.3, -0.25) is 9.48 Å². The Hall–Kier alpha value is -1.36. The lowest BCUT2D eigenvalue weighted by atomic mass is 10.1. The number of carbonyl (C=O) groups is 1. The lowest BCUT2D eigenvalue weighted by molar-refractivity contribution is 0.0988. The van der Waals surface area contributed by atoms with Gasteiger partial charge in [-0.25, -0.2) is 0 Å². The van der Waals surface area contributed by atoms with Crippen molar-refractivity contribution >= 4 is 21.7 Å². The molecule has 2 heterocycles. The summed E-state index contributed by atoms with van der Waals surface area (Å²) in [6.07, 6.45) is 2.61. The number of ketones is 1. The van der Waals surface area contributed by atoms with Gasteiger partial charge in [0.1, 0.15) is 5.76 Å². The fourth-order valence-electron chi connectivity index (χ4n) is 1.98. The van der Waals surface area contributed by atoms with E-state index in [2.05, 4.69) is 21.0 Å². The summed E-state index contributed by atoms with van der Waals surface area (Å²) < 4.78 is 7.93. The minimum atomic E-state index is 0.0595. The first-order valence-electron chi connectivity index (χ1n) is 5.82. The molecule has 96 valence electrons. The molecule has 0 saturated heterocycles. The third-order valence-electron chi connectivity index (χ3n) is 2.96. The zero-order valence-electron chi connectivity index (χ0n) is 10.7. The minimum Gasteiger partial charge on any atom is -0.469 e. The van der Waals surface area contributed by atoms with E-state index in [1.54, 1.807) is 17.0 Å². The summed E-state index contributed by atoms with van der Waals surface area (Å²) in [4.78, 5) is 12.2. The Balaban J connectivity index is 2.27. The van der Waals surface area contributed by atoms with Gasteiger partial charge in [0.2, 0.25) is 0 Å². The van der Waals surface area contributed by atoms with Gasteiger partial charge < -0.3 is 4.42 Å². The van der Waals surface area contributed by atoms with Crippen LogP contribution in [-0.2, 0) is 19.9 Å². The number of aryl methyl sites for hydroxylation is 3. The Morgan fingerprint density at radius 3 is 2.83 bits per heavy atom. The summed E-state index contributed by atoms with van der Waals surface area (Å²) in [5.41, 5.74) is 2.45. The molecule has 0 bridgehead atoms. The van der Waals surface area contributed by atoms with Gasteiger partial charge in [-0.05, 0) is 28.9 Å². The Kier molecular flexibility index (Phi) is 3.71. The molecule has 0 aliphatic carbocycles. The topological polar surface area (TPSA) is 48.0 Å². The fraction of sp³-hybridized carbons (Fsp3) is 0.385. The number of carbonyl (C=O) groups excluding carboxylic acids is 1. The Bertz CT molecular complexity index is 584. The molecule has 0 atom stereocenters. The van der Waals surface area contributed by atoms with Crippen LogP contribution in [0.4, 0.5) is 0 Å². The van der Waals surface area contributed by atoms with Crippen LogP contribution in [0.15, 0.2) is 21.2 Å². The quantitative estimate of drug-likeness (QED) is 0.815. The second-order valence-electron chi connectivity index (χ2n) is 4.18. The highest BCUT2D eigenvalue weighted by Crippen LogP contribution is 2.22. The lowest BCUT2D eigenvalue weighted by Crippen LogP contribution is -2.09. The van der Waals surface area contributed by atoms with Crippen molar-refractivity contribution in [3.63, 3.8) is 0 Å². The van der Waals surface area contributed by atoms with Crippen molar-refractivity contribution < 1.29 is 9.21 Å². The second kappa shape index (κ2) is 5.10. The van der Waals surface area contributed by atoms with Gasteiger partial charge in [0.15, 0.2) is 5.78 Å². The summed E-state index contributed by atoms with van der Waals surface area (Å²) in [5.74, 6) is 0.805. The Morgan fingerprint density at radius 2 is 2.28 bits per heavy atom. The van der Waals surface area contributed by atoms with Gasteiger partial charge in [0.05, 0.1) is 34.1 Å². The highest BCUT2D eigenvalue weighted by molar-refractivity contribution is 9.10. The van der Waals surface area contributed by atoms with Crippen LogP contribution in [-0.4, -0.2) is 15.6 Å². The number of halogens is 1. The highest BCUT2D eigenvalue weighted by atomic mass is 79.9. The molecule has 2 rings (SSSR count). The molecule has 2 aromatic rings. The van der Waals surface area contributed by atoms with E-state index in [1.807, 2.05) is 20.9 Å². The van der Waals surface area contributed by atoms with E-state index in [9.17, 15) is 4.79 Å². The van der Waals surface area contributed by atoms with E-state index in [4.69, 9.17) is 4.42 Å². The van der Waals surface area contributed by atoms with E-state index in [0.717, 1.165) is 28.0 Å². The molecule has 0 amide bonds. The molecule has 2 aromatic heterocycles. The number of nitrogens with zero attached hydrogens (tertiary/aromatic N) is 2. The molecule has 0 saturated carbocycles. The molecule has 0 spiro atoms. The van der Waals surface area contributed by atoms with Crippen LogP contribution in [0.5, 0.6) is 0 Å². The molecule has 0 unspecified atom stereocenters. The van der Waals surface area contributed by atoms with Gasteiger partial charge in [-0.15, -0.1) is 0 Å². The summed E-state index contributed by atoms with van der Waals surface area (Å²) in [6, 6.07) is 1.73. The van der Waals surface area contributed by atoms with Crippen LogP contribution in [0.2, 0.25) is 0 Å². The van der Waals surface area contributed by atoms with Crippen LogP contribution in [0.1, 0.15) is 34.4 Å². The van der Waals surface area contributed by atoms with Crippen molar-refractivity contribution in [1.82, 2.24) is 9.78 Å². The van der Waals surface area contributed by atoms with Crippen LogP contribution in [0.3, 0.4) is 0 Å². The zero-order chi connectivity index (χ0) is 13.3. The van der Waals surface area contributed by atoms with Crippen molar-refractivity contribution in [3.8, 4) is 0 Å². The average Bonchev–Trinajstić information content (AvgIpc) is 2.90. The maximum Gasteiger partial charge on any atom is 0.172 e. The summed E-state index contributed by atoms with van der Waals surface area (Å²) >= 11 is 3.47. The SMILES string of the molecule is CCc1occc1C(=O)Cc1c(Br)c(C)nn1C. The molecule has 4 nitrogen and oxygen atoms in total. The number of hydrogen-bond donors (Lipinski definition) is 0. The molecule has 0 aliphatic rings. The van der Waals surface area contributed by atoms with E-state index in [1.165, 1.54) is 0 Å². The first-order chi connectivity index (χ1) is 8.54. The molecule has 0 fully saturated rings. The second-order valence-corrected chi connectivity index (χ2v) is 4.97. The van der Waals surface area contributed by atoms with Crippen LogP contribution < -0.4 is 0 Å². The molecule has 0 radical (unpaired) electrons. The smallest absolute Gasteiger partial charge is 0.172 e. The Labute approximate surface area is 114 Å². The molecule has 18 heavy (non-hydrogen) atoms. The standard InChI is InChI=1S/C13H15BrN2O2/c1-4-12-9(5-6-18-12)11(17)7-10-13(14)8(2)15-16(10)3/h5-6H,4,7H2,1-3H3. The maximum atomic E-state index is 12.2. The van der Waals surface area contributed by atoms with Gasteiger partial charge in [-0.1, -0.05) is 6.92 Å².